The Labute approximate surface area is 121 Å². The molecule has 0 bridgehead atoms. The van der Waals surface area contributed by atoms with Crippen LogP contribution in [0.25, 0.3) is 0 Å². The highest BCUT2D eigenvalue weighted by molar-refractivity contribution is 8.06. The van der Waals surface area contributed by atoms with Crippen molar-refractivity contribution in [3.63, 3.8) is 0 Å². The summed E-state index contributed by atoms with van der Waals surface area (Å²) in [5.41, 5.74) is 1.28. The molecule has 2 rings (SSSR count). The van der Waals surface area contributed by atoms with E-state index in [0.717, 1.165) is 24.4 Å². The minimum Gasteiger partial charge on any atom is -0.339 e. The summed E-state index contributed by atoms with van der Waals surface area (Å²) >= 11 is 1.71. The van der Waals surface area contributed by atoms with E-state index in [-0.39, 0.29) is 5.92 Å². The SMILES string of the molecule is CCCCN1C(C)=CSC1=CC(=O)C1CCCCC1. The van der Waals surface area contributed by atoms with Crippen LogP contribution in [0.4, 0.5) is 0 Å². The largest absolute Gasteiger partial charge is 0.339 e. The minimum atomic E-state index is 0.288. The maximum absolute atomic E-state index is 12.3. The van der Waals surface area contributed by atoms with Gasteiger partial charge >= 0.3 is 0 Å². The van der Waals surface area contributed by atoms with Gasteiger partial charge in [-0.1, -0.05) is 44.4 Å². The van der Waals surface area contributed by atoms with Crippen molar-refractivity contribution in [1.82, 2.24) is 4.90 Å². The van der Waals surface area contributed by atoms with Gasteiger partial charge in [0.05, 0.1) is 5.03 Å². The maximum Gasteiger partial charge on any atom is 0.161 e. The molecule has 2 nitrogen and oxygen atoms in total. The van der Waals surface area contributed by atoms with E-state index >= 15 is 0 Å². The van der Waals surface area contributed by atoms with Crippen LogP contribution in [0, 0.1) is 5.92 Å². The number of unbranched alkanes of at least 4 members (excludes halogenated alkanes) is 1. The van der Waals surface area contributed by atoms with Crippen LogP contribution in [0.15, 0.2) is 22.2 Å². The summed E-state index contributed by atoms with van der Waals surface area (Å²) in [6, 6.07) is 0. The number of carbonyl (C=O) groups excluding carboxylic acids is 1. The highest BCUT2D eigenvalue weighted by Crippen LogP contribution is 2.35. The number of hydrogen-bond acceptors (Lipinski definition) is 3. The Bertz CT molecular complexity index is 380. The average Bonchev–Trinajstić information content (AvgIpc) is 2.78. The molecule has 0 saturated heterocycles. The summed E-state index contributed by atoms with van der Waals surface area (Å²) in [5, 5.41) is 3.30. The molecule has 0 aromatic heterocycles. The number of ketones is 1. The molecule has 1 aliphatic carbocycles. The first-order chi connectivity index (χ1) is 9.22. The number of allylic oxidation sites excluding steroid dienone is 2. The molecule has 1 heterocycles. The number of hydrogen-bond donors (Lipinski definition) is 0. The lowest BCUT2D eigenvalue weighted by Crippen LogP contribution is -2.21. The van der Waals surface area contributed by atoms with E-state index in [0.29, 0.717) is 5.78 Å². The third-order valence-corrected chi connectivity index (χ3v) is 5.09. The normalized spacial score (nSPS) is 22.9. The molecule has 2 aliphatic rings. The summed E-state index contributed by atoms with van der Waals surface area (Å²) in [7, 11) is 0. The first-order valence-corrected chi connectivity index (χ1v) is 8.47. The van der Waals surface area contributed by atoms with Gasteiger partial charge in [0, 0.05) is 24.2 Å². The molecule has 19 heavy (non-hydrogen) atoms. The zero-order chi connectivity index (χ0) is 13.7. The van der Waals surface area contributed by atoms with Crippen molar-refractivity contribution in [3.05, 3.63) is 22.2 Å². The van der Waals surface area contributed by atoms with Gasteiger partial charge in [0.1, 0.15) is 0 Å². The van der Waals surface area contributed by atoms with E-state index in [9.17, 15) is 4.79 Å². The fourth-order valence-corrected chi connectivity index (χ4v) is 3.75. The number of carbonyl (C=O) groups is 1. The van der Waals surface area contributed by atoms with Crippen LogP contribution in [0.3, 0.4) is 0 Å². The zero-order valence-corrected chi connectivity index (χ0v) is 13.0. The topological polar surface area (TPSA) is 20.3 Å². The molecule has 0 spiro atoms. The van der Waals surface area contributed by atoms with Gasteiger partial charge in [-0.05, 0) is 31.6 Å². The highest BCUT2D eigenvalue weighted by atomic mass is 32.2. The van der Waals surface area contributed by atoms with Crippen LogP contribution in [0.1, 0.15) is 58.8 Å². The van der Waals surface area contributed by atoms with Gasteiger partial charge in [-0.15, -0.1) is 0 Å². The second-order valence-electron chi connectivity index (χ2n) is 5.60. The quantitative estimate of drug-likeness (QED) is 0.681. The monoisotopic (exact) mass is 279 g/mol. The summed E-state index contributed by atoms with van der Waals surface area (Å²) in [4.78, 5) is 14.6. The molecular weight excluding hydrogens is 254 g/mol. The van der Waals surface area contributed by atoms with Crippen molar-refractivity contribution in [3.8, 4) is 0 Å². The third kappa shape index (κ3) is 3.88. The minimum absolute atomic E-state index is 0.288. The fourth-order valence-electron chi connectivity index (χ4n) is 2.79. The first kappa shape index (κ1) is 14.7. The molecule has 0 atom stereocenters. The van der Waals surface area contributed by atoms with Crippen LogP contribution in [-0.4, -0.2) is 17.2 Å². The predicted octanol–water partition coefficient (Wildman–Crippen LogP) is 4.69. The van der Waals surface area contributed by atoms with Crippen molar-refractivity contribution in [2.75, 3.05) is 6.54 Å². The van der Waals surface area contributed by atoms with Gasteiger partial charge in [0.15, 0.2) is 5.78 Å². The molecule has 0 unspecified atom stereocenters. The Morgan fingerprint density at radius 1 is 1.42 bits per heavy atom. The van der Waals surface area contributed by atoms with Gasteiger partial charge in [0.2, 0.25) is 0 Å². The Morgan fingerprint density at radius 3 is 2.84 bits per heavy atom. The molecule has 0 N–H and O–H groups in total. The molecular formula is C16H25NOS. The summed E-state index contributed by atoms with van der Waals surface area (Å²) < 4.78 is 0. The lowest BCUT2D eigenvalue weighted by Gasteiger charge is -2.23. The second kappa shape index (κ2) is 7.18. The van der Waals surface area contributed by atoms with E-state index in [1.807, 2.05) is 6.08 Å². The summed E-state index contributed by atoms with van der Waals surface area (Å²) in [6.07, 6.45) is 10.2. The molecule has 1 aliphatic heterocycles. The lowest BCUT2D eigenvalue weighted by molar-refractivity contribution is -0.119. The standard InChI is InChI=1S/C16H25NOS/c1-3-4-10-17-13(2)12-19-16(17)11-15(18)14-8-6-5-7-9-14/h11-12,14H,3-10H2,1-2H3. The number of nitrogens with zero attached hydrogens (tertiary/aromatic N) is 1. The maximum atomic E-state index is 12.3. The first-order valence-electron chi connectivity index (χ1n) is 7.59. The third-order valence-electron chi connectivity index (χ3n) is 4.05. The molecule has 1 saturated carbocycles. The fraction of sp³-hybridized carbons (Fsp3) is 0.688. The lowest BCUT2D eigenvalue weighted by atomic mass is 9.86. The van der Waals surface area contributed by atoms with Crippen molar-refractivity contribution in [1.29, 1.82) is 0 Å². The summed E-state index contributed by atoms with van der Waals surface area (Å²) in [5.74, 6) is 0.641. The van der Waals surface area contributed by atoms with Gasteiger partial charge in [-0.25, -0.2) is 0 Å². The Morgan fingerprint density at radius 2 is 2.16 bits per heavy atom. The molecule has 3 heteroatoms. The molecule has 106 valence electrons. The van der Waals surface area contributed by atoms with Gasteiger partial charge in [-0.3, -0.25) is 4.79 Å². The van der Waals surface area contributed by atoms with E-state index in [1.54, 1.807) is 11.8 Å². The predicted molar refractivity (Wildman–Crippen MR) is 82.6 cm³/mol. The van der Waals surface area contributed by atoms with Crippen molar-refractivity contribution in [2.45, 2.75) is 58.8 Å². The van der Waals surface area contributed by atoms with Crippen LogP contribution in [0.2, 0.25) is 0 Å². The van der Waals surface area contributed by atoms with Crippen molar-refractivity contribution in [2.24, 2.45) is 5.92 Å². The van der Waals surface area contributed by atoms with Gasteiger partial charge in [0.25, 0.3) is 0 Å². The van der Waals surface area contributed by atoms with Crippen LogP contribution in [0.5, 0.6) is 0 Å². The molecule has 0 aromatic rings. The van der Waals surface area contributed by atoms with Crippen LogP contribution >= 0.6 is 11.8 Å². The van der Waals surface area contributed by atoms with E-state index < -0.39 is 0 Å². The van der Waals surface area contributed by atoms with Gasteiger partial charge in [-0.2, -0.15) is 0 Å². The molecule has 0 aromatic carbocycles. The smallest absolute Gasteiger partial charge is 0.161 e. The molecule has 0 radical (unpaired) electrons. The van der Waals surface area contributed by atoms with Crippen molar-refractivity contribution >= 4 is 17.5 Å². The highest BCUT2D eigenvalue weighted by Gasteiger charge is 2.23. The summed E-state index contributed by atoms with van der Waals surface area (Å²) in [6.45, 7) is 5.38. The van der Waals surface area contributed by atoms with E-state index in [2.05, 4.69) is 24.2 Å². The zero-order valence-electron chi connectivity index (χ0n) is 12.2. The van der Waals surface area contributed by atoms with Gasteiger partial charge < -0.3 is 4.90 Å². The van der Waals surface area contributed by atoms with Crippen molar-refractivity contribution < 1.29 is 4.79 Å². The Balaban J connectivity index is 1.98. The number of thioether (sulfide) groups is 1. The molecule has 0 amide bonds. The van der Waals surface area contributed by atoms with Crippen LogP contribution < -0.4 is 0 Å². The van der Waals surface area contributed by atoms with E-state index in [4.69, 9.17) is 0 Å². The second-order valence-corrected chi connectivity index (χ2v) is 6.49. The Hall–Kier alpha value is -0.700. The van der Waals surface area contributed by atoms with Crippen LogP contribution in [-0.2, 0) is 4.79 Å². The number of rotatable bonds is 5. The van der Waals surface area contributed by atoms with E-state index in [1.165, 1.54) is 37.8 Å². The average molecular weight is 279 g/mol. The molecule has 1 fully saturated rings. The Kier molecular flexibility index (Phi) is 5.56.